The van der Waals surface area contributed by atoms with Crippen LogP contribution in [0.25, 0.3) is 0 Å². The summed E-state index contributed by atoms with van der Waals surface area (Å²) in [6, 6.07) is 0. The number of aliphatic hydroxyl groups is 2. The maximum Gasteiger partial charge on any atom is 0.186 e. The van der Waals surface area contributed by atoms with Gasteiger partial charge in [-0.1, -0.05) is 58.3 Å². The highest BCUT2D eigenvalue weighted by Gasteiger charge is 2.48. The number of methoxy groups -OCH3 is 1. The van der Waals surface area contributed by atoms with Gasteiger partial charge >= 0.3 is 0 Å². The van der Waals surface area contributed by atoms with Crippen molar-refractivity contribution in [2.75, 3.05) is 13.7 Å². The van der Waals surface area contributed by atoms with Crippen molar-refractivity contribution >= 4 is 0 Å². The molecule has 6 atom stereocenters. The van der Waals surface area contributed by atoms with Gasteiger partial charge in [0.05, 0.1) is 6.61 Å². The normalized spacial score (nSPS) is 35.5. The second-order valence-electron chi connectivity index (χ2n) is 7.24. The first-order chi connectivity index (χ1) is 12.2. The number of ether oxygens (including phenoxy) is 4. The second-order valence-corrected chi connectivity index (χ2v) is 7.24. The third kappa shape index (κ3) is 6.45. The standard InChI is InChI=1S/C19H36O6/c1-3-4-5-6-7-8-9-10-11-12-15-23-13-14-18(25-15)16(20)17(21)19(22-2)24-14/h14-21H,3-13H2,1-2H3/t14-,15-,16-,17-,18-,19+/m1/s1. The molecule has 2 fully saturated rings. The molecule has 2 heterocycles. The summed E-state index contributed by atoms with van der Waals surface area (Å²) in [6.45, 7) is 2.60. The summed E-state index contributed by atoms with van der Waals surface area (Å²) >= 11 is 0. The molecule has 2 aliphatic rings. The lowest BCUT2D eigenvalue weighted by atomic mass is 9.98. The number of hydrogen-bond acceptors (Lipinski definition) is 6. The van der Waals surface area contributed by atoms with E-state index in [1.54, 1.807) is 0 Å². The van der Waals surface area contributed by atoms with E-state index in [1.165, 1.54) is 58.5 Å². The maximum absolute atomic E-state index is 10.2. The monoisotopic (exact) mass is 360 g/mol. The molecular formula is C19H36O6. The molecule has 0 aromatic carbocycles. The Labute approximate surface area is 151 Å². The molecule has 0 saturated carbocycles. The van der Waals surface area contributed by atoms with Crippen LogP contribution in [0.4, 0.5) is 0 Å². The van der Waals surface area contributed by atoms with Crippen LogP contribution in [0.2, 0.25) is 0 Å². The fraction of sp³-hybridized carbons (Fsp3) is 1.00. The average molecular weight is 360 g/mol. The summed E-state index contributed by atoms with van der Waals surface area (Å²) in [6.07, 6.45) is 8.08. The van der Waals surface area contributed by atoms with Crippen molar-refractivity contribution in [1.29, 1.82) is 0 Å². The molecule has 0 aliphatic carbocycles. The fourth-order valence-corrected chi connectivity index (χ4v) is 3.59. The second kappa shape index (κ2) is 11.5. The van der Waals surface area contributed by atoms with Crippen LogP contribution in [0.3, 0.4) is 0 Å². The zero-order valence-electron chi connectivity index (χ0n) is 15.8. The van der Waals surface area contributed by atoms with Crippen molar-refractivity contribution < 1.29 is 29.2 Å². The molecule has 2 N–H and O–H groups in total. The summed E-state index contributed by atoms with van der Waals surface area (Å²) in [7, 11) is 1.44. The molecule has 0 unspecified atom stereocenters. The van der Waals surface area contributed by atoms with E-state index < -0.39 is 30.7 Å². The lowest BCUT2D eigenvalue weighted by molar-refractivity contribution is -0.356. The molecular weight excluding hydrogens is 324 g/mol. The van der Waals surface area contributed by atoms with Gasteiger partial charge in [0.15, 0.2) is 12.6 Å². The van der Waals surface area contributed by atoms with Gasteiger partial charge in [0.2, 0.25) is 0 Å². The highest BCUT2D eigenvalue weighted by atomic mass is 16.7. The highest BCUT2D eigenvalue weighted by molar-refractivity contribution is 4.92. The Morgan fingerprint density at radius 2 is 1.52 bits per heavy atom. The van der Waals surface area contributed by atoms with Gasteiger partial charge in [0, 0.05) is 7.11 Å². The van der Waals surface area contributed by atoms with E-state index in [-0.39, 0.29) is 6.29 Å². The number of rotatable bonds is 11. The van der Waals surface area contributed by atoms with E-state index in [1.807, 2.05) is 0 Å². The number of fused-ring (bicyclic) bond motifs is 1. The Morgan fingerprint density at radius 3 is 2.16 bits per heavy atom. The van der Waals surface area contributed by atoms with E-state index >= 15 is 0 Å². The minimum absolute atomic E-state index is 0.324. The summed E-state index contributed by atoms with van der Waals surface area (Å²) in [5, 5.41) is 20.2. The van der Waals surface area contributed by atoms with E-state index in [2.05, 4.69) is 6.92 Å². The molecule has 0 amide bonds. The summed E-state index contributed by atoms with van der Waals surface area (Å²) in [5.74, 6) is 0. The van der Waals surface area contributed by atoms with Gasteiger partial charge in [0.25, 0.3) is 0 Å². The van der Waals surface area contributed by atoms with E-state index in [0.29, 0.717) is 6.61 Å². The van der Waals surface area contributed by atoms with Crippen LogP contribution in [0.1, 0.15) is 71.1 Å². The predicted molar refractivity (Wildman–Crippen MR) is 94.1 cm³/mol. The SMILES string of the molecule is CCCCCCCCCCC[C@@H]1OC[C@H]2O[C@H](OC)[C@H](O)[C@@H](O)[C@@H]2O1. The van der Waals surface area contributed by atoms with Crippen LogP contribution in [0.5, 0.6) is 0 Å². The van der Waals surface area contributed by atoms with Crippen molar-refractivity contribution in [1.82, 2.24) is 0 Å². The Morgan fingerprint density at radius 1 is 0.880 bits per heavy atom. The third-order valence-corrected chi connectivity index (χ3v) is 5.17. The molecule has 25 heavy (non-hydrogen) atoms. The average Bonchev–Trinajstić information content (AvgIpc) is 2.63. The summed E-state index contributed by atoms with van der Waals surface area (Å²) in [4.78, 5) is 0. The smallest absolute Gasteiger partial charge is 0.186 e. The number of aliphatic hydroxyl groups excluding tert-OH is 2. The van der Waals surface area contributed by atoms with Crippen LogP contribution in [-0.4, -0.2) is 60.9 Å². The minimum Gasteiger partial charge on any atom is -0.387 e. The number of unbranched alkanes of at least 4 members (excludes halogenated alkanes) is 8. The third-order valence-electron chi connectivity index (χ3n) is 5.17. The molecule has 0 spiro atoms. The van der Waals surface area contributed by atoms with Crippen molar-refractivity contribution in [2.24, 2.45) is 0 Å². The van der Waals surface area contributed by atoms with Gasteiger partial charge in [-0.05, 0) is 12.8 Å². The van der Waals surface area contributed by atoms with Crippen LogP contribution in [0.15, 0.2) is 0 Å². The molecule has 148 valence electrons. The van der Waals surface area contributed by atoms with Gasteiger partial charge < -0.3 is 29.2 Å². The van der Waals surface area contributed by atoms with Crippen molar-refractivity contribution in [2.45, 2.75) is 108 Å². The van der Waals surface area contributed by atoms with Crippen LogP contribution >= 0.6 is 0 Å². The fourth-order valence-electron chi connectivity index (χ4n) is 3.59. The van der Waals surface area contributed by atoms with E-state index in [0.717, 1.165) is 12.8 Å². The first-order valence-corrected chi connectivity index (χ1v) is 9.98. The zero-order chi connectivity index (χ0) is 18.1. The van der Waals surface area contributed by atoms with E-state index in [9.17, 15) is 10.2 Å². The molecule has 0 aromatic heterocycles. The van der Waals surface area contributed by atoms with Gasteiger partial charge in [-0.15, -0.1) is 0 Å². The topological polar surface area (TPSA) is 77.4 Å². The van der Waals surface area contributed by atoms with Crippen LogP contribution in [-0.2, 0) is 18.9 Å². The van der Waals surface area contributed by atoms with Crippen molar-refractivity contribution in [3.8, 4) is 0 Å². The lowest BCUT2D eigenvalue weighted by Crippen LogP contribution is -2.63. The first kappa shape index (κ1) is 21.1. The van der Waals surface area contributed by atoms with Crippen LogP contribution in [0, 0.1) is 0 Å². The largest absolute Gasteiger partial charge is 0.387 e. The zero-order valence-corrected chi connectivity index (χ0v) is 15.8. The Kier molecular flexibility index (Phi) is 9.66. The summed E-state index contributed by atoms with van der Waals surface area (Å²) in [5.41, 5.74) is 0. The molecule has 2 aliphatic heterocycles. The quantitative estimate of drug-likeness (QED) is 0.552. The Balaban J connectivity index is 1.58. The highest BCUT2D eigenvalue weighted by Crippen LogP contribution is 2.30. The molecule has 0 bridgehead atoms. The molecule has 6 nitrogen and oxygen atoms in total. The van der Waals surface area contributed by atoms with Crippen LogP contribution < -0.4 is 0 Å². The molecule has 0 radical (unpaired) electrons. The minimum atomic E-state index is -1.10. The predicted octanol–water partition coefficient (Wildman–Crippen LogP) is 2.74. The van der Waals surface area contributed by atoms with Gasteiger partial charge in [-0.25, -0.2) is 0 Å². The Bertz CT molecular complexity index is 351. The van der Waals surface area contributed by atoms with Gasteiger partial charge in [-0.2, -0.15) is 0 Å². The summed E-state index contributed by atoms with van der Waals surface area (Å²) < 4.78 is 22.2. The first-order valence-electron chi connectivity index (χ1n) is 9.98. The van der Waals surface area contributed by atoms with Gasteiger partial charge in [0.1, 0.15) is 24.4 Å². The van der Waals surface area contributed by atoms with E-state index in [4.69, 9.17) is 18.9 Å². The molecule has 0 aromatic rings. The van der Waals surface area contributed by atoms with Crippen molar-refractivity contribution in [3.63, 3.8) is 0 Å². The van der Waals surface area contributed by atoms with Gasteiger partial charge in [-0.3, -0.25) is 0 Å². The molecule has 2 rings (SSSR count). The van der Waals surface area contributed by atoms with Crippen molar-refractivity contribution in [3.05, 3.63) is 0 Å². The lowest BCUT2D eigenvalue weighted by Gasteiger charge is -2.45. The Hall–Kier alpha value is -0.240. The maximum atomic E-state index is 10.2. The molecule has 2 saturated heterocycles. The number of hydrogen-bond donors (Lipinski definition) is 2. The molecule has 6 heteroatoms.